The van der Waals surface area contributed by atoms with Crippen LogP contribution in [0.2, 0.25) is 5.02 Å². The van der Waals surface area contributed by atoms with E-state index in [1.165, 1.54) is 0 Å². The number of nitriles is 1. The molecule has 0 atom stereocenters. The molecule has 1 saturated heterocycles. The molecule has 0 radical (unpaired) electrons. The number of fused-ring (bicyclic) bond motifs is 1. The van der Waals surface area contributed by atoms with Crippen molar-refractivity contribution in [1.29, 1.82) is 5.26 Å². The number of nitrogens with one attached hydrogen (secondary N) is 1. The van der Waals surface area contributed by atoms with Crippen LogP contribution in [0.3, 0.4) is 0 Å². The zero-order chi connectivity index (χ0) is 21.1. The molecule has 3 aromatic rings. The van der Waals surface area contributed by atoms with E-state index in [1.807, 2.05) is 30.3 Å². The molecular weight excluding hydrogens is 400 g/mol. The van der Waals surface area contributed by atoms with Crippen molar-refractivity contribution in [3.8, 4) is 17.6 Å². The summed E-state index contributed by atoms with van der Waals surface area (Å²) in [5, 5.41) is 14.6. The van der Waals surface area contributed by atoms with E-state index < -0.39 is 0 Å². The smallest absolute Gasteiger partial charge is 0.130 e. The average Bonchev–Trinajstić information content (AvgIpc) is 2.78. The minimum Gasteiger partial charge on any atom is -0.497 e. The van der Waals surface area contributed by atoms with Crippen LogP contribution in [0.1, 0.15) is 18.4 Å². The maximum atomic E-state index is 9.57. The lowest BCUT2D eigenvalue weighted by molar-refractivity contribution is 0.394. The van der Waals surface area contributed by atoms with Crippen LogP contribution in [0.25, 0.3) is 10.9 Å². The Balaban J connectivity index is 1.47. The van der Waals surface area contributed by atoms with E-state index in [2.05, 4.69) is 16.3 Å². The van der Waals surface area contributed by atoms with Crippen molar-refractivity contribution in [3.63, 3.8) is 0 Å². The summed E-state index contributed by atoms with van der Waals surface area (Å²) in [6.07, 6.45) is 1.92. The Morgan fingerprint density at radius 3 is 2.40 bits per heavy atom. The van der Waals surface area contributed by atoms with Gasteiger partial charge in [-0.15, -0.1) is 0 Å². The summed E-state index contributed by atoms with van der Waals surface area (Å²) in [4.78, 5) is 7.00. The van der Waals surface area contributed by atoms with Crippen LogP contribution in [-0.2, 0) is 0 Å². The Morgan fingerprint density at radius 2 is 1.77 bits per heavy atom. The fraction of sp³-hybridized carbons (Fsp3) is 0.304. The van der Waals surface area contributed by atoms with Gasteiger partial charge in [-0.25, -0.2) is 4.98 Å². The van der Waals surface area contributed by atoms with Gasteiger partial charge in [-0.2, -0.15) is 5.26 Å². The Bertz CT molecular complexity index is 1080. The molecule has 7 heteroatoms. The van der Waals surface area contributed by atoms with Crippen molar-refractivity contribution < 1.29 is 9.47 Å². The minimum atomic E-state index is 0.341. The number of nitrogens with zero attached hydrogens (tertiary/aromatic N) is 3. The quantitative estimate of drug-likeness (QED) is 0.633. The SMILES string of the molecule is COc1cc(NC2CCN(c3cc(C#N)c4cc(Cl)ccc4n3)CC2)cc(OC)c1. The molecule has 0 bridgehead atoms. The van der Waals surface area contributed by atoms with Gasteiger partial charge in [0.15, 0.2) is 0 Å². The lowest BCUT2D eigenvalue weighted by Crippen LogP contribution is -2.39. The van der Waals surface area contributed by atoms with Gasteiger partial charge in [-0.1, -0.05) is 11.6 Å². The van der Waals surface area contributed by atoms with Crippen molar-refractivity contribution >= 4 is 34.0 Å². The highest BCUT2D eigenvalue weighted by molar-refractivity contribution is 6.31. The first-order chi connectivity index (χ1) is 14.6. The fourth-order valence-corrected chi connectivity index (χ4v) is 3.99. The highest BCUT2D eigenvalue weighted by Crippen LogP contribution is 2.29. The molecule has 0 aliphatic carbocycles. The maximum Gasteiger partial charge on any atom is 0.130 e. The number of hydrogen-bond donors (Lipinski definition) is 1. The number of methoxy groups -OCH3 is 2. The van der Waals surface area contributed by atoms with Crippen molar-refractivity contribution in [3.05, 3.63) is 53.1 Å². The van der Waals surface area contributed by atoms with Gasteiger partial charge in [-0.05, 0) is 37.1 Å². The largest absolute Gasteiger partial charge is 0.497 e. The van der Waals surface area contributed by atoms with Gasteiger partial charge >= 0.3 is 0 Å². The topological polar surface area (TPSA) is 70.4 Å². The number of aromatic nitrogens is 1. The molecular formula is C23H23ClN4O2. The second-order valence-electron chi connectivity index (χ2n) is 7.31. The van der Waals surface area contributed by atoms with Crippen molar-refractivity contribution in [2.24, 2.45) is 0 Å². The number of ether oxygens (including phenoxy) is 2. The first-order valence-electron chi connectivity index (χ1n) is 9.84. The molecule has 0 spiro atoms. The molecule has 1 aromatic heterocycles. The van der Waals surface area contributed by atoms with E-state index in [0.29, 0.717) is 16.6 Å². The van der Waals surface area contributed by atoms with E-state index in [9.17, 15) is 5.26 Å². The van der Waals surface area contributed by atoms with Crippen molar-refractivity contribution in [1.82, 2.24) is 4.98 Å². The van der Waals surface area contributed by atoms with Crippen LogP contribution in [0.5, 0.6) is 11.5 Å². The van der Waals surface area contributed by atoms with Crippen molar-refractivity contribution in [2.45, 2.75) is 18.9 Å². The lowest BCUT2D eigenvalue weighted by atomic mass is 10.0. The number of anilines is 2. The predicted molar refractivity (Wildman–Crippen MR) is 120 cm³/mol. The molecule has 0 amide bonds. The molecule has 2 aromatic carbocycles. The molecule has 0 unspecified atom stereocenters. The van der Waals surface area contributed by atoms with Crippen LogP contribution in [-0.4, -0.2) is 38.3 Å². The first kappa shape index (κ1) is 20.1. The number of piperidine rings is 1. The highest BCUT2D eigenvalue weighted by atomic mass is 35.5. The van der Waals surface area contributed by atoms with E-state index >= 15 is 0 Å². The minimum absolute atomic E-state index is 0.341. The van der Waals surface area contributed by atoms with Gasteiger partial charge in [0.2, 0.25) is 0 Å². The van der Waals surface area contributed by atoms with Crippen LogP contribution in [0, 0.1) is 11.3 Å². The molecule has 1 aliphatic heterocycles. The fourth-order valence-electron chi connectivity index (χ4n) is 3.82. The van der Waals surface area contributed by atoms with Crippen LogP contribution in [0.15, 0.2) is 42.5 Å². The summed E-state index contributed by atoms with van der Waals surface area (Å²) in [5.41, 5.74) is 2.37. The monoisotopic (exact) mass is 422 g/mol. The normalized spacial score (nSPS) is 14.4. The summed E-state index contributed by atoms with van der Waals surface area (Å²) < 4.78 is 10.7. The highest BCUT2D eigenvalue weighted by Gasteiger charge is 2.21. The maximum absolute atomic E-state index is 9.57. The molecule has 6 nitrogen and oxygen atoms in total. The average molecular weight is 423 g/mol. The second kappa shape index (κ2) is 8.68. The number of pyridine rings is 1. The Kier molecular flexibility index (Phi) is 5.82. The second-order valence-corrected chi connectivity index (χ2v) is 7.74. The first-order valence-corrected chi connectivity index (χ1v) is 10.2. The molecule has 1 fully saturated rings. The third-order valence-corrected chi connectivity index (χ3v) is 5.65. The number of hydrogen-bond acceptors (Lipinski definition) is 6. The van der Waals surface area contributed by atoms with E-state index in [1.54, 1.807) is 26.4 Å². The zero-order valence-electron chi connectivity index (χ0n) is 17.0. The molecule has 30 heavy (non-hydrogen) atoms. The van der Waals surface area contributed by atoms with Gasteiger partial charge in [0.1, 0.15) is 17.3 Å². The summed E-state index contributed by atoms with van der Waals surface area (Å²) in [5.74, 6) is 2.36. The van der Waals surface area contributed by atoms with Crippen LogP contribution >= 0.6 is 11.6 Å². The Labute approximate surface area is 181 Å². The summed E-state index contributed by atoms with van der Waals surface area (Å²) in [6.45, 7) is 1.71. The van der Waals surface area contributed by atoms with Gasteiger partial charge in [0.25, 0.3) is 0 Å². The standard InChI is InChI=1S/C23H23ClN4O2/c1-29-19-11-18(12-20(13-19)30-2)26-17-5-7-28(8-6-17)23-9-15(14-25)21-10-16(24)3-4-22(21)27-23/h3-4,9-13,17,26H,5-8H2,1-2H3. The van der Waals surface area contributed by atoms with Gasteiger partial charge in [0.05, 0.1) is 31.4 Å². The lowest BCUT2D eigenvalue weighted by Gasteiger charge is -2.34. The molecule has 4 rings (SSSR count). The van der Waals surface area contributed by atoms with Crippen LogP contribution in [0.4, 0.5) is 11.5 Å². The summed E-state index contributed by atoms with van der Waals surface area (Å²) >= 11 is 6.09. The van der Waals surface area contributed by atoms with Gasteiger partial charge in [-0.3, -0.25) is 0 Å². The molecule has 0 saturated carbocycles. The molecule has 2 heterocycles. The van der Waals surface area contributed by atoms with E-state index in [-0.39, 0.29) is 0 Å². The predicted octanol–water partition coefficient (Wildman–Crippen LogP) is 4.86. The summed E-state index contributed by atoms with van der Waals surface area (Å²) in [6, 6.07) is 15.8. The number of halogens is 1. The molecule has 154 valence electrons. The van der Waals surface area contributed by atoms with Gasteiger partial charge < -0.3 is 19.7 Å². The van der Waals surface area contributed by atoms with Gasteiger partial charge in [0, 0.05) is 53.4 Å². The van der Waals surface area contributed by atoms with E-state index in [0.717, 1.165) is 59.8 Å². The Hall–Kier alpha value is -3.17. The Morgan fingerprint density at radius 1 is 1.07 bits per heavy atom. The number of benzene rings is 2. The molecule has 1 aliphatic rings. The van der Waals surface area contributed by atoms with Crippen molar-refractivity contribution in [2.75, 3.05) is 37.5 Å². The van der Waals surface area contributed by atoms with E-state index in [4.69, 9.17) is 26.1 Å². The van der Waals surface area contributed by atoms with Crippen LogP contribution < -0.4 is 19.7 Å². The summed E-state index contributed by atoms with van der Waals surface area (Å²) in [7, 11) is 3.30. The molecule has 1 N–H and O–H groups in total. The number of rotatable bonds is 5. The third-order valence-electron chi connectivity index (χ3n) is 5.42. The zero-order valence-corrected chi connectivity index (χ0v) is 17.7. The third kappa shape index (κ3) is 4.22.